The Kier molecular flexibility index (Phi) is 7.03. The quantitative estimate of drug-likeness (QED) is 0.825. The zero-order valence-electron chi connectivity index (χ0n) is 16.1. The van der Waals surface area contributed by atoms with Gasteiger partial charge in [-0.05, 0) is 36.1 Å². The zero-order chi connectivity index (χ0) is 19.8. The Hall–Kier alpha value is -2.86. The molecule has 6 nitrogen and oxygen atoms in total. The van der Waals surface area contributed by atoms with Crippen molar-refractivity contribution in [1.29, 1.82) is 0 Å². The van der Waals surface area contributed by atoms with E-state index < -0.39 is 0 Å². The largest absolute Gasteiger partial charge is 0.445 e. The van der Waals surface area contributed by atoms with Gasteiger partial charge in [0.2, 0.25) is 5.91 Å². The van der Waals surface area contributed by atoms with Crippen LogP contribution in [-0.2, 0) is 27.5 Å². The van der Waals surface area contributed by atoms with E-state index in [0.29, 0.717) is 32.5 Å². The van der Waals surface area contributed by atoms with Crippen LogP contribution in [0.15, 0.2) is 54.6 Å². The van der Waals surface area contributed by atoms with Gasteiger partial charge in [0.05, 0.1) is 6.61 Å². The maximum Gasteiger partial charge on any atom is 0.410 e. The first-order valence-electron chi connectivity index (χ1n) is 9.50. The van der Waals surface area contributed by atoms with E-state index in [2.05, 4.69) is 5.32 Å². The molecule has 28 heavy (non-hydrogen) atoms. The van der Waals surface area contributed by atoms with E-state index in [0.717, 1.165) is 16.8 Å². The number of rotatable bonds is 6. The molecule has 6 heteroatoms. The molecule has 0 radical (unpaired) electrons. The molecule has 1 saturated heterocycles. The minimum Gasteiger partial charge on any atom is -0.445 e. The second-order valence-electron chi connectivity index (χ2n) is 6.92. The van der Waals surface area contributed by atoms with Gasteiger partial charge in [0.1, 0.15) is 6.61 Å². The van der Waals surface area contributed by atoms with E-state index in [1.165, 1.54) is 0 Å². The standard InChI is InChI=1S/C22H26N2O4/c1-27-15-18-7-9-20(10-8-18)23-21(25)19-11-13-24(14-12-19)22(26)28-16-17-5-3-2-4-6-17/h2-10,19H,11-16H2,1H3,(H,23,25). The van der Waals surface area contributed by atoms with Crippen molar-refractivity contribution >= 4 is 17.7 Å². The lowest BCUT2D eigenvalue weighted by Gasteiger charge is -2.30. The van der Waals surface area contributed by atoms with Crippen molar-refractivity contribution in [3.05, 3.63) is 65.7 Å². The molecule has 1 aliphatic rings. The fourth-order valence-electron chi connectivity index (χ4n) is 3.23. The summed E-state index contributed by atoms with van der Waals surface area (Å²) in [7, 11) is 1.65. The molecular weight excluding hydrogens is 356 g/mol. The van der Waals surface area contributed by atoms with Gasteiger partial charge in [-0.1, -0.05) is 42.5 Å². The van der Waals surface area contributed by atoms with Gasteiger partial charge < -0.3 is 19.7 Å². The normalized spacial score (nSPS) is 14.5. The molecule has 2 aromatic carbocycles. The topological polar surface area (TPSA) is 67.9 Å². The van der Waals surface area contributed by atoms with E-state index in [1.54, 1.807) is 12.0 Å². The summed E-state index contributed by atoms with van der Waals surface area (Å²) in [4.78, 5) is 26.4. The second-order valence-corrected chi connectivity index (χ2v) is 6.92. The first kappa shape index (κ1) is 19.9. The fourth-order valence-corrected chi connectivity index (χ4v) is 3.23. The number of piperidine rings is 1. The minimum atomic E-state index is -0.323. The Bertz CT molecular complexity index is 769. The smallest absolute Gasteiger partial charge is 0.410 e. The maximum atomic E-state index is 12.5. The number of nitrogens with zero attached hydrogens (tertiary/aromatic N) is 1. The molecule has 0 atom stereocenters. The monoisotopic (exact) mass is 382 g/mol. The summed E-state index contributed by atoms with van der Waals surface area (Å²) in [5.41, 5.74) is 2.79. The number of hydrogen-bond acceptors (Lipinski definition) is 4. The van der Waals surface area contributed by atoms with Crippen molar-refractivity contribution < 1.29 is 19.1 Å². The molecule has 1 fully saturated rings. The summed E-state index contributed by atoms with van der Waals surface area (Å²) in [5.74, 6) is -0.103. The van der Waals surface area contributed by atoms with Crippen molar-refractivity contribution in [2.45, 2.75) is 26.1 Å². The first-order chi connectivity index (χ1) is 13.7. The van der Waals surface area contributed by atoms with Crippen LogP contribution in [0.4, 0.5) is 10.5 Å². The molecule has 0 spiro atoms. The number of amides is 2. The molecule has 148 valence electrons. The minimum absolute atomic E-state index is 0.00297. The van der Waals surface area contributed by atoms with Gasteiger partial charge in [0.15, 0.2) is 0 Å². The van der Waals surface area contributed by atoms with Crippen molar-refractivity contribution in [3.63, 3.8) is 0 Å². The van der Waals surface area contributed by atoms with E-state index in [9.17, 15) is 9.59 Å². The lowest BCUT2D eigenvalue weighted by atomic mass is 9.96. The van der Waals surface area contributed by atoms with Crippen LogP contribution in [0.25, 0.3) is 0 Å². The van der Waals surface area contributed by atoms with E-state index in [1.807, 2.05) is 54.6 Å². The predicted molar refractivity (Wildman–Crippen MR) is 107 cm³/mol. The number of anilines is 1. The molecular formula is C22H26N2O4. The number of carbonyl (C=O) groups excluding carboxylic acids is 2. The van der Waals surface area contributed by atoms with Crippen LogP contribution < -0.4 is 5.32 Å². The molecule has 0 unspecified atom stereocenters. The van der Waals surface area contributed by atoms with E-state index in [4.69, 9.17) is 9.47 Å². The molecule has 1 heterocycles. The van der Waals surface area contributed by atoms with Gasteiger partial charge in [-0.15, -0.1) is 0 Å². The number of methoxy groups -OCH3 is 1. The first-order valence-corrected chi connectivity index (χ1v) is 9.50. The Morgan fingerprint density at radius 1 is 0.964 bits per heavy atom. The van der Waals surface area contributed by atoms with Gasteiger partial charge >= 0.3 is 6.09 Å². The van der Waals surface area contributed by atoms with Crippen molar-refractivity contribution in [3.8, 4) is 0 Å². The molecule has 0 bridgehead atoms. The van der Waals surface area contributed by atoms with Crippen LogP contribution in [-0.4, -0.2) is 37.1 Å². The molecule has 1 aliphatic heterocycles. The lowest BCUT2D eigenvalue weighted by molar-refractivity contribution is -0.121. The van der Waals surface area contributed by atoms with Gasteiger partial charge in [-0.2, -0.15) is 0 Å². The summed E-state index contributed by atoms with van der Waals surface area (Å²) in [5, 5.41) is 2.96. The summed E-state index contributed by atoms with van der Waals surface area (Å²) >= 11 is 0. The van der Waals surface area contributed by atoms with Crippen molar-refractivity contribution in [2.24, 2.45) is 5.92 Å². The summed E-state index contributed by atoms with van der Waals surface area (Å²) in [6, 6.07) is 17.2. The second kappa shape index (κ2) is 9.90. The van der Waals surface area contributed by atoms with Crippen LogP contribution in [0.1, 0.15) is 24.0 Å². The third-order valence-electron chi connectivity index (χ3n) is 4.86. The molecule has 0 aliphatic carbocycles. The van der Waals surface area contributed by atoms with Crippen LogP contribution in [0.2, 0.25) is 0 Å². The average Bonchev–Trinajstić information content (AvgIpc) is 2.74. The molecule has 1 N–H and O–H groups in total. The highest BCUT2D eigenvalue weighted by atomic mass is 16.6. The number of benzene rings is 2. The molecule has 2 aromatic rings. The third-order valence-corrected chi connectivity index (χ3v) is 4.86. The van der Waals surface area contributed by atoms with Crippen LogP contribution in [0.5, 0.6) is 0 Å². The Morgan fingerprint density at radius 3 is 2.25 bits per heavy atom. The number of carbonyl (C=O) groups is 2. The van der Waals surface area contributed by atoms with Gasteiger partial charge in [0.25, 0.3) is 0 Å². The van der Waals surface area contributed by atoms with Crippen molar-refractivity contribution in [1.82, 2.24) is 4.90 Å². The van der Waals surface area contributed by atoms with Crippen LogP contribution >= 0.6 is 0 Å². The summed E-state index contributed by atoms with van der Waals surface area (Å²) in [6.07, 6.45) is 0.943. The number of ether oxygens (including phenoxy) is 2. The number of hydrogen-bond donors (Lipinski definition) is 1. The molecule has 0 aromatic heterocycles. The molecule has 2 amide bonds. The Labute approximate surface area is 165 Å². The molecule has 0 saturated carbocycles. The van der Waals surface area contributed by atoms with Crippen LogP contribution in [0, 0.1) is 5.92 Å². The fraction of sp³-hybridized carbons (Fsp3) is 0.364. The summed E-state index contributed by atoms with van der Waals surface area (Å²) in [6.45, 7) is 1.86. The number of nitrogens with one attached hydrogen (secondary N) is 1. The van der Waals surface area contributed by atoms with Gasteiger partial charge in [-0.3, -0.25) is 4.79 Å². The van der Waals surface area contributed by atoms with E-state index >= 15 is 0 Å². The van der Waals surface area contributed by atoms with Gasteiger partial charge in [-0.25, -0.2) is 4.79 Å². The maximum absolute atomic E-state index is 12.5. The Balaban J connectivity index is 1.42. The zero-order valence-corrected chi connectivity index (χ0v) is 16.1. The van der Waals surface area contributed by atoms with E-state index in [-0.39, 0.29) is 24.5 Å². The van der Waals surface area contributed by atoms with Crippen LogP contribution in [0.3, 0.4) is 0 Å². The Morgan fingerprint density at radius 2 is 1.61 bits per heavy atom. The highest BCUT2D eigenvalue weighted by Gasteiger charge is 2.28. The highest BCUT2D eigenvalue weighted by Crippen LogP contribution is 2.21. The SMILES string of the molecule is COCc1ccc(NC(=O)C2CCN(C(=O)OCc3ccccc3)CC2)cc1. The highest BCUT2D eigenvalue weighted by molar-refractivity contribution is 5.92. The summed E-state index contributed by atoms with van der Waals surface area (Å²) < 4.78 is 10.5. The lowest BCUT2D eigenvalue weighted by Crippen LogP contribution is -2.41. The average molecular weight is 382 g/mol. The molecule has 3 rings (SSSR count). The number of likely N-dealkylation sites (tertiary alicyclic amines) is 1. The van der Waals surface area contributed by atoms with Crippen molar-refractivity contribution in [2.75, 3.05) is 25.5 Å². The third kappa shape index (κ3) is 5.57. The van der Waals surface area contributed by atoms with Gasteiger partial charge in [0, 0.05) is 31.8 Å². The predicted octanol–water partition coefficient (Wildman–Crippen LogP) is 3.82.